The molecule has 8 nitrogen and oxygen atoms in total. The van der Waals surface area contributed by atoms with Crippen LogP contribution in [0.25, 0.3) is 11.1 Å². The summed E-state index contributed by atoms with van der Waals surface area (Å²) >= 11 is 0. The predicted octanol–water partition coefficient (Wildman–Crippen LogP) is 2.72. The molecule has 4 rings (SSSR count). The molecule has 2 unspecified atom stereocenters. The Morgan fingerprint density at radius 3 is 2.30 bits per heavy atom. The fourth-order valence-electron chi connectivity index (χ4n) is 4.51. The molecule has 2 aliphatic rings. The van der Waals surface area contributed by atoms with E-state index in [1.807, 2.05) is 24.3 Å². The lowest BCUT2D eigenvalue weighted by Gasteiger charge is -2.20. The summed E-state index contributed by atoms with van der Waals surface area (Å²) in [5.41, 5.74) is 4.63. The van der Waals surface area contributed by atoms with E-state index in [2.05, 4.69) is 29.6 Å². The molecular formula is C25H28N2O6. The molecule has 8 heteroatoms. The lowest BCUT2D eigenvalue weighted by atomic mass is 9.98. The Balaban J connectivity index is 1.26. The Labute approximate surface area is 192 Å². The van der Waals surface area contributed by atoms with Crippen LogP contribution in [0.1, 0.15) is 23.5 Å². The fraction of sp³-hybridized carbons (Fsp3) is 0.400. The van der Waals surface area contributed by atoms with E-state index < -0.39 is 12.1 Å². The number of carboxylic acid groups (broad SMARTS) is 1. The van der Waals surface area contributed by atoms with Crippen LogP contribution in [-0.2, 0) is 19.1 Å². The Bertz CT molecular complexity index is 994. The standard InChI is InChI=1S/C25H28N2O6/c1-32-11-10-27(14-23(28)29)24(30)21-12-16(21)13-26-25(31)33-15-22-19-8-4-2-6-17(19)18-7-3-5-9-20(18)22/h2-9,16,21-22H,10-15H2,1H3,(H,26,31)(H,28,29). The molecule has 2 aromatic carbocycles. The summed E-state index contributed by atoms with van der Waals surface area (Å²) < 4.78 is 10.5. The molecule has 1 saturated carbocycles. The van der Waals surface area contributed by atoms with Gasteiger partial charge in [0.25, 0.3) is 0 Å². The highest BCUT2D eigenvalue weighted by molar-refractivity contribution is 5.85. The van der Waals surface area contributed by atoms with Crippen molar-refractivity contribution in [1.82, 2.24) is 10.2 Å². The number of nitrogens with zero attached hydrogens (tertiary/aromatic N) is 1. The molecule has 0 aliphatic heterocycles. The van der Waals surface area contributed by atoms with Crippen LogP contribution in [-0.4, -0.2) is 67.9 Å². The van der Waals surface area contributed by atoms with Crippen LogP contribution in [0.2, 0.25) is 0 Å². The summed E-state index contributed by atoms with van der Waals surface area (Å²) in [5, 5.41) is 11.8. The maximum Gasteiger partial charge on any atom is 0.407 e. The second-order valence-corrected chi connectivity index (χ2v) is 8.46. The van der Waals surface area contributed by atoms with Crippen molar-refractivity contribution in [2.75, 3.05) is 40.0 Å². The first-order valence-corrected chi connectivity index (χ1v) is 11.1. The first-order chi connectivity index (χ1) is 16.0. The van der Waals surface area contributed by atoms with E-state index in [-0.39, 0.29) is 50.0 Å². The van der Waals surface area contributed by atoms with Gasteiger partial charge in [-0.3, -0.25) is 9.59 Å². The van der Waals surface area contributed by atoms with Crippen molar-refractivity contribution in [3.8, 4) is 11.1 Å². The molecule has 0 radical (unpaired) electrons. The molecule has 0 aromatic heterocycles. The number of hydrogen-bond acceptors (Lipinski definition) is 5. The third-order valence-corrected chi connectivity index (χ3v) is 6.30. The normalized spacial score (nSPS) is 18.2. The minimum atomic E-state index is -1.06. The lowest BCUT2D eigenvalue weighted by molar-refractivity contribution is -0.145. The molecule has 1 fully saturated rings. The summed E-state index contributed by atoms with van der Waals surface area (Å²) in [5.74, 6) is -1.59. The van der Waals surface area contributed by atoms with Gasteiger partial charge in [-0.15, -0.1) is 0 Å². The molecule has 2 aliphatic carbocycles. The number of nitrogens with one attached hydrogen (secondary N) is 1. The van der Waals surface area contributed by atoms with Crippen molar-refractivity contribution in [3.05, 3.63) is 59.7 Å². The molecule has 33 heavy (non-hydrogen) atoms. The third-order valence-electron chi connectivity index (χ3n) is 6.30. The molecule has 174 valence electrons. The van der Waals surface area contributed by atoms with Crippen LogP contribution in [0, 0.1) is 11.8 Å². The number of fused-ring (bicyclic) bond motifs is 3. The zero-order chi connectivity index (χ0) is 23.4. The van der Waals surface area contributed by atoms with Crippen LogP contribution >= 0.6 is 0 Å². The average molecular weight is 453 g/mol. The highest BCUT2D eigenvalue weighted by atomic mass is 16.5. The van der Waals surface area contributed by atoms with Crippen LogP contribution in [0.3, 0.4) is 0 Å². The lowest BCUT2D eigenvalue weighted by Crippen LogP contribution is -2.39. The van der Waals surface area contributed by atoms with Crippen molar-refractivity contribution in [2.45, 2.75) is 12.3 Å². The van der Waals surface area contributed by atoms with Gasteiger partial charge in [0.15, 0.2) is 0 Å². The quantitative estimate of drug-likeness (QED) is 0.574. The number of carboxylic acids is 1. The topological polar surface area (TPSA) is 105 Å². The number of alkyl carbamates (subject to hydrolysis) is 1. The van der Waals surface area contributed by atoms with Gasteiger partial charge in [0, 0.05) is 32.0 Å². The van der Waals surface area contributed by atoms with Crippen molar-refractivity contribution < 1.29 is 29.0 Å². The van der Waals surface area contributed by atoms with Gasteiger partial charge in [-0.05, 0) is 34.6 Å². The van der Waals surface area contributed by atoms with Gasteiger partial charge in [0.2, 0.25) is 5.91 Å². The first kappa shape index (κ1) is 22.8. The number of benzene rings is 2. The van der Waals surface area contributed by atoms with Gasteiger partial charge >= 0.3 is 12.1 Å². The molecule has 0 bridgehead atoms. The third kappa shape index (κ3) is 5.17. The second-order valence-electron chi connectivity index (χ2n) is 8.46. The van der Waals surface area contributed by atoms with Crippen LogP contribution in [0.4, 0.5) is 4.79 Å². The minimum Gasteiger partial charge on any atom is -0.480 e. The molecule has 2 amide bonds. The Morgan fingerprint density at radius 2 is 1.70 bits per heavy atom. The van der Waals surface area contributed by atoms with E-state index in [0.717, 1.165) is 11.1 Å². The van der Waals surface area contributed by atoms with Crippen LogP contribution in [0.15, 0.2) is 48.5 Å². The van der Waals surface area contributed by atoms with Crippen molar-refractivity contribution in [1.29, 1.82) is 0 Å². The first-order valence-electron chi connectivity index (χ1n) is 11.1. The maximum absolute atomic E-state index is 12.6. The average Bonchev–Trinajstić information content (AvgIpc) is 3.53. The van der Waals surface area contributed by atoms with Crippen molar-refractivity contribution in [2.24, 2.45) is 11.8 Å². The molecule has 2 atom stereocenters. The number of amides is 2. The number of carbonyl (C=O) groups excluding carboxylic acids is 2. The van der Waals surface area contributed by atoms with E-state index in [1.54, 1.807) is 0 Å². The highest BCUT2D eigenvalue weighted by Crippen LogP contribution is 2.44. The predicted molar refractivity (Wildman–Crippen MR) is 121 cm³/mol. The van der Waals surface area contributed by atoms with Gasteiger partial charge in [-0.25, -0.2) is 4.79 Å². The number of hydrogen-bond donors (Lipinski definition) is 2. The van der Waals surface area contributed by atoms with E-state index in [1.165, 1.54) is 23.1 Å². The Kier molecular flexibility index (Phi) is 6.93. The van der Waals surface area contributed by atoms with Crippen molar-refractivity contribution in [3.63, 3.8) is 0 Å². The summed E-state index contributed by atoms with van der Waals surface area (Å²) in [6.45, 7) is 0.693. The summed E-state index contributed by atoms with van der Waals surface area (Å²) in [6.07, 6.45) is 0.0997. The smallest absolute Gasteiger partial charge is 0.407 e. The van der Waals surface area contributed by atoms with E-state index in [0.29, 0.717) is 13.0 Å². The molecule has 0 spiro atoms. The SMILES string of the molecule is COCCN(CC(=O)O)C(=O)C1CC1CNC(=O)OCC1c2ccccc2-c2ccccc21. The minimum absolute atomic E-state index is 0.0104. The molecule has 2 N–H and O–H groups in total. The maximum atomic E-state index is 12.6. The number of methoxy groups -OCH3 is 1. The van der Waals surface area contributed by atoms with Crippen LogP contribution < -0.4 is 5.32 Å². The molecule has 0 heterocycles. The van der Waals surface area contributed by atoms with Gasteiger partial charge < -0.3 is 24.8 Å². The summed E-state index contributed by atoms with van der Waals surface area (Å²) in [4.78, 5) is 37.3. The van der Waals surface area contributed by atoms with Gasteiger partial charge in [0.05, 0.1) is 6.61 Å². The van der Waals surface area contributed by atoms with Crippen molar-refractivity contribution >= 4 is 18.0 Å². The molecule has 0 saturated heterocycles. The summed E-state index contributed by atoms with van der Waals surface area (Å²) in [6, 6.07) is 16.3. The zero-order valence-electron chi connectivity index (χ0n) is 18.5. The van der Waals surface area contributed by atoms with E-state index in [9.17, 15) is 14.4 Å². The van der Waals surface area contributed by atoms with Gasteiger partial charge in [-0.1, -0.05) is 48.5 Å². The molecule has 2 aromatic rings. The summed E-state index contributed by atoms with van der Waals surface area (Å²) in [7, 11) is 1.50. The van der Waals surface area contributed by atoms with Gasteiger partial charge in [-0.2, -0.15) is 0 Å². The fourth-order valence-corrected chi connectivity index (χ4v) is 4.51. The van der Waals surface area contributed by atoms with E-state index in [4.69, 9.17) is 14.6 Å². The highest BCUT2D eigenvalue weighted by Gasteiger charge is 2.45. The second kappa shape index (κ2) is 10.0. The zero-order valence-corrected chi connectivity index (χ0v) is 18.5. The number of rotatable bonds is 10. The number of ether oxygens (including phenoxy) is 2. The van der Waals surface area contributed by atoms with E-state index >= 15 is 0 Å². The Hall–Kier alpha value is -3.39. The largest absolute Gasteiger partial charge is 0.480 e. The number of carbonyl (C=O) groups is 3. The van der Waals surface area contributed by atoms with Crippen LogP contribution in [0.5, 0.6) is 0 Å². The number of aliphatic carboxylic acids is 1. The Morgan fingerprint density at radius 1 is 1.06 bits per heavy atom. The monoisotopic (exact) mass is 452 g/mol. The molecular weight excluding hydrogens is 424 g/mol. The van der Waals surface area contributed by atoms with Gasteiger partial charge in [0.1, 0.15) is 13.2 Å².